The van der Waals surface area contributed by atoms with Crippen LogP contribution in [0.1, 0.15) is 61.7 Å². The van der Waals surface area contributed by atoms with Crippen LogP contribution in [0.3, 0.4) is 0 Å². The first-order chi connectivity index (χ1) is 15.1. The van der Waals surface area contributed by atoms with E-state index < -0.39 is 0 Å². The number of fused-ring (bicyclic) bond motifs is 8. The Bertz CT molecular complexity index is 1010. The van der Waals surface area contributed by atoms with Crippen molar-refractivity contribution in [3.05, 3.63) is 16.0 Å². The maximum atomic E-state index is 12.8. The van der Waals surface area contributed by atoms with E-state index in [1.54, 1.807) is 0 Å². The summed E-state index contributed by atoms with van der Waals surface area (Å²) < 4.78 is 2.18. The number of thioether (sulfide) groups is 1. The van der Waals surface area contributed by atoms with Gasteiger partial charge in [0.15, 0.2) is 5.16 Å². The summed E-state index contributed by atoms with van der Waals surface area (Å²) in [7, 11) is 0. The number of anilines is 1. The summed E-state index contributed by atoms with van der Waals surface area (Å²) in [5.74, 6) is 2.16. The molecule has 0 saturated carbocycles. The number of rotatable bonds is 3. The third kappa shape index (κ3) is 3.30. The van der Waals surface area contributed by atoms with Gasteiger partial charge in [-0.1, -0.05) is 18.7 Å². The Kier molecular flexibility index (Phi) is 5.01. The predicted molar refractivity (Wildman–Crippen MR) is 123 cm³/mol. The first kappa shape index (κ1) is 20.0. The van der Waals surface area contributed by atoms with Crippen molar-refractivity contribution in [1.29, 1.82) is 0 Å². The zero-order chi connectivity index (χ0) is 21.1. The average molecular weight is 460 g/mol. The Hall–Kier alpha value is -1.62. The van der Waals surface area contributed by atoms with Gasteiger partial charge in [0, 0.05) is 23.5 Å². The van der Waals surface area contributed by atoms with Crippen molar-refractivity contribution >= 4 is 35.0 Å². The van der Waals surface area contributed by atoms with Crippen LogP contribution in [-0.4, -0.2) is 50.6 Å². The summed E-state index contributed by atoms with van der Waals surface area (Å²) >= 11 is 3.41. The molecule has 0 bridgehead atoms. The van der Waals surface area contributed by atoms with Gasteiger partial charge in [-0.3, -0.25) is 15.1 Å². The second kappa shape index (κ2) is 7.75. The molecule has 31 heavy (non-hydrogen) atoms. The molecule has 2 N–H and O–H groups in total. The number of piperidine rings is 1. The highest BCUT2D eigenvalue weighted by Gasteiger charge is 2.43. The Labute approximate surface area is 190 Å². The molecule has 1 aliphatic carbocycles. The van der Waals surface area contributed by atoms with Crippen LogP contribution in [0, 0.1) is 5.92 Å². The zero-order valence-corrected chi connectivity index (χ0v) is 19.7. The molecule has 2 aromatic heterocycles. The molecule has 5 heterocycles. The molecular formula is C21H29N7OS2. The minimum Gasteiger partial charge on any atom is -0.342 e. The van der Waals surface area contributed by atoms with Crippen molar-refractivity contribution in [1.82, 2.24) is 30.4 Å². The van der Waals surface area contributed by atoms with Crippen LogP contribution >= 0.6 is 23.1 Å². The molecule has 0 radical (unpaired) electrons. The molecule has 0 spiro atoms. The van der Waals surface area contributed by atoms with Crippen LogP contribution in [0.15, 0.2) is 5.16 Å². The Morgan fingerprint density at radius 3 is 2.84 bits per heavy atom. The number of hydrazine groups is 1. The molecule has 1 amide bonds. The number of hydrogen-bond acceptors (Lipinski definition) is 8. The fraction of sp³-hybridized carbons (Fsp3) is 0.667. The monoisotopic (exact) mass is 459 g/mol. The van der Waals surface area contributed by atoms with Gasteiger partial charge >= 0.3 is 0 Å². The fourth-order valence-corrected chi connectivity index (χ4v) is 7.52. The van der Waals surface area contributed by atoms with E-state index in [9.17, 15) is 4.79 Å². The first-order valence-electron chi connectivity index (χ1n) is 11.4. The van der Waals surface area contributed by atoms with Crippen LogP contribution in [0.5, 0.6) is 0 Å². The molecule has 2 saturated heterocycles. The summed E-state index contributed by atoms with van der Waals surface area (Å²) in [4.78, 5) is 16.3. The molecule has 0 aromatic carbocycles. The topological polar surface area (TPSA) is 78.3 Å². The van der Waals surface area contributed by atoms with Crippen LogP contribution in [0.4, 0.5) is 5.95 Å². The molecule has 3 aliphatic heterocycles. The van der Waals surface area contributed by atoms with Crippen LogP contribution < -0.4 is 15.8 Å². The van der Waals surface area contributed by atoms with Gasteiger partial charge in [0.05, 0.1) is 11.9 Å². The fourth-order valence-electron chi connectivity index (χ4n) is 5.21. The third-order valence-corrected chi connectivity index (χ3v) is 9.17. The van der Waals surface area contributed by atoms with Gasteiger partial charge in [-0.25, -0.2) is 9.99 Å². The Morgan fingerprint density at radius 1 is 1.19 bits per heavy atom. The van der Waals surface area contributed by atoms with Crippen LogP contribution in [0.25, 0.3) is 5.00 Å². The number of nitrogens with one attached hydrogen (secondary N) is 2. The number of aryl methyl sites for hydroxylation is 1. The van der Waals surface area contributed by atoms with E-state index in [1.807, 2.05) is 16.2 Å². The Balaban J connectivity index is 1.31. The van der Waals surface area contributed by atoms with Crippen molar-refractivity contribution in [3.8, 4) is 5.00 Å². The second-order valence-electron chi connectivity index (χ2n) is 9.19. The van der Waals surface area contributed by atoms with E-state index in [-0.39, 0.29) is 18.2 Å². The van der Waals surface area contributed by atoms with E-state index in [2.05, 4.69) is 44.4 Å². The molecule has 4 aliphatic rings. The number of hydrogen-bond donors (Lipinski definition) is 2. The lowest BCUT2D eigenvalue weighted by Crippen LogP contribution is -2.40. The van der Waals surface area contributed by atoms with Crippen LogP contribution in [-0.2, 0) is 17.6 Å². The van der Waals surface area contributed by atoms with E-state index in [0.29, 0.717) is 5.75 Å². The molecule has 166 valence electrons. The van der Waals surface area contributed by atoms with Gasteiger partial charge < -0.3 is 4.90 Å². The molecular weight excluding hydrogens is 430 g/mol. The quantitative estimate of drug-likeness (QED) is 0.684. The maximum Gasteiger partial charge on any atom is 0.249 e. The van der Waals surface area contributed by atoms with Crippen molar-refractivity contribution < 1.29 is 4.79 Å². The lowest BCUT2D eigenvalue weighted by Gasteiger charge is -2.31. The third-order valence-electron chi connectivity index (χ3n) is 6.96. The SMILES string of the molecule is CC1CCN(C(=O)CSc2nnc3n2-c2sc4c(c2C2NC(C)NN32)CCCC4)CC1. The van der Waals surface area contributed by atoms with Gasteiger partial charge in [0.1, 0.15) is 11.2 Å². The van der Waals surface area contributed by atoms with E-state index >= 15 is 0 Å². The molecule has 2 aromatic rings. The van der Waals surface area contributed by atoms with Crippen molar-refractivity contribution in [3.63, 3.8) is 0 Å². The molecule has 6 rings (SSSR count). The smallest absolute Gasteiger partial charge is 0.249 e. The number of carbonyl (C=O) groups is 1. The van der Waals surface area contributed by atoms with Gasteiger partial charge in [0.25, 0.3) is 0 Å². The van der Waals surface area contributed by atoms with Gasteiger partial charge in [-0.2, -0.15) is 0 Å². The molecule has 8 nitrogen and oxygen atoms in total. The standard InChI is InChI=1S/C21H29N7OS2/c1-12-7-9-26(10-8-12)16(29)11-30-21-24-23-20-27(21)19-17(18-22-13(2)25-28(18)20)14-5-3-4-6-15(14)31-19/h12-13,18,22,25H,3-11H2,1-2H3. The molecule has 2 fully saturated rings. The summed E-state index contributed by atoms with van der Waals surface area (Å²) in [6, 6.07) is 0. The number of thiophene rings is 1. The van der Waals surface area contributed by atoms with Gasteiger partial charge in [-0.15, -0.1) is 21.5 Å². The molecule has 2 unspecified atom stereocenters. The summed E-state index contributed by atoms with van der Waals surface area (Å²) in [5, 5.41) is 16.9. The number of likely N-dealkylation sites (tertiary alicyclic amines) is 1. The van der Waals surface area contributed by atoms with Gasteiger partial charge in [-0.05, 0) is 56.9 Å². The number of amides is 1. The van der Waals surface area contributed by atoms with E-state index in [0.717, 1.165) is 55.8 Å². The highest BCUT2D eigenvalue weighted by molar-refractivity contribution is 7.99. The largest absolute Gasteiger partial charge is 0.342 e. The predicted octanol–water partition coefficient (Wildman–Crippen LogP) is 2.83. The lowest BCUT2D eigenvalue weighted by molar-refractivity contribution is -0.129. The van der Waals surface area contributed by atoms with Crippen molar-refractivity contribution in [2.75, 3.05) is 23.9 Å². The highest BCUT2D eigenvalue weighted by atomic mass is 32.2. The minimum atomic E-state index is 0.0922. The zero-order valence-electron chi connectivity index (χ0n) is 18.1. The van der Waals surface area contributed by atoms with Gasteiger partial charge in [0.2, 0.25) is 11.9 Å². The number of aromatic nitrogens is 3. The normalized spacial score (nSPS) is 25.2. The minimum absolute atomic E-state index is 0.0922. The maximum absolute atomic E-state index is 12.8. The number of carbonyl (C=O) groups excluding carboxylic acids is 1. The first-order valence-corrected chi connectivity index (χ1v) is 13.2. The van der Waals surface area contributed by atoms with E-state index in [1.165, 1.54) is 45.6 Å². The van der Waals surface area contributed by atoms with Crippen molar-refractivity contribution in [2.45, 2.75) is 69.9 Å². The second-order valence-corrected chi connectivity index (χ2v) is 11.2. The Morgan fingerprint density at radius 2 is 2.00 bits per heavy atom. The van der Waals surface area contributed by atoms with Crippen LogP contribution in [0.2, 0.25) is 0 Å². The number of nitrogens with zero attached hydrogens (tertiary/aromatic N) is 5. The van der Waals surface area contributed by atoms with Crippen molar-refractivity contribution in [2.24, 2.45) is 5.92 Å². The lowest BCUT2D eigenvalue weighted by atomic mass is 9.94. The highest BCUT2D eigenvalue weighted by Crippen LogP contribution is 2.48. The van der Waals surface area contributed by atoms with E-state index in [4.69, 9.17) is 0 Å². The summed E-state index contributed by atoms with van der Waals surface area (Å²) in [6.07, 6.45) is 7.30. The average Bonchev–Trinajstić information content (AvgIpc) is 3.46. The summed E-state index contributed by atoms with van der Waals surface area (Å²) in [6.45, 7) is 6.16. The molecule has 2 atom stereocenters. The summed E-state index contributed by atoms with van der Waals surface area (Å²) in [5.41, 5.74) is 6.39. The molecule has 10 heteroatoms.